The van der Waals surface area contributed by atoms with Gasteiger partial charge in [0, 0.05) is 17.0 Å². The second-order valence-electron chi connectivity index (χ2n) is 4.65. The molecule has 0 spiro atoms. The van der Waals surface area contributed by atoms with Crippen molar-refractivity contribution < 1.29 is 0 Å². The van der Waals surface area contributed by atoms with E-state index in [-0.39, 0.29) is 0 Å². The highest BCUT2D eigenvalue weighted by atomic mass is 32.2. The molecule has 0 fully saturated rings. The molecule has 0 bridgehead atoms. The van der Waals surface area contributed by atoms with Gasteiger partial charge in [-0.1, -0.05) is 57.0 Å². The molecule has 0 amide bonds. The van der Waals surface area contributed by atoms with Crippen LogP contribution in [0.15, 0.2) is 29.2 Å². The van der Waals surface area contributed by atoms with E-state index in [1.807, 2.05) is 11.8 Å². The van der Waals surface area contributed by atoms with Crippen LogP contribution in [0.25, 0.3) is 0 Å². The van der Waals surface area contributed by atoms with Crippen LogP contribution in [-0.2, 0) is 0 Å². The summed E-state index contributed by atoms with van der Waals surface area (Å²) in [6, 6.07) is 8.58. The monoisotopic (exact) mass is 295 g/mol. The maximum Gasteiger partial charge on any atom is 0.106 e. The zero-order valence-electron chi connectivity index (χ0n) is 12.1. The van der Waals surface area contributed by atoms with Gasteiger partial charge in [0.25, 0.3) is 0 Å². The highest BCUT2D eigenvalue weighted by Crippen LogP contribution is 2.20. The molecule has 3 heteroatoms. The molecule has 1 aromatic rings. The molecule has 0 aliphatic rings. The summed E-state index contributed by atoms with van der Waals surface area (Å²) in [7, 11) is 0. The van der Waals surface area contributed by atoms with E-state index >= 15 is 0 Å². The van der Waals surface area contributed by atoms with Gasteiger partial charge < -0.3 is 5.32 Å². The number of unbranched alkanes of at least 4 members (excludes halogenated alkanes) is 4. The van der Waals surface area contributed by atoms with Crippen LogP contribution in [0, 0.1) is 0 Å². The predicted molar refractivity (Wildman–Crippen MR) is 91.3 cm³/mol. The minimum Gasteiger partial charge on any atom is -0.376 e. The van der Waals surface area contributed by atoms with E-state index in [1.165, 1.54) is 42.8 Å². The summed E-state index contributed by atoms with van der Waals surface area (Å²) in [5.74, 6) is 1.22. The molecule has 0 aromatic heterocycles. The molecule has 1 nitrogen and oxygen atoms in total. The van der Waals surface area contributed by atoms with Crippen molar-refractivity contribution in [3.05, 3.63) is 29.8 Å². The van der Waals surface area contributed by atoms with Crippen molar-refractivity contribution in [2.75, 3.05) is 12.3 Å². The van der Waals surface area contributed by atoms with Crippen LogP contribution in [0.4, 0.5) is 0 Å². The van der Waals surface area contributed by atoms with Crippen LogP contribution in [-0.4, -0.2) is 17.3 Å². The smallest absolute Gasteiger partial charge is 0.106 e. The summed E-state index contributed by atoms with van der Waals surface area (Å²) in [4.78, 5) is 2.19. The number of thioether (sulfide) groups is 1. The van der Waals surface area contributed by atoms with E-state index in [1.54, 1.807) is 0 Å². The third-order valence-corrected chi connectivity index (χ3v) is 4.45. The van der Waals surface area contributed by atoms with Gasteiger partial charge >= 0.3 is 0 Å². The topological polar surface area (TPSA) is 12.0 Å². The lowest BCUT2D eigenvalue weighted by molar-refractivity contribution is 0.659. The summed E-state index contributed by atoms with van der Waals surface area (Å²) in [5, 5.41) is 3.18. The van der Waals surface area contributed by atoms with E-state index in [4.69, 9.17) is 12.2 Å². The van der Waals surface area contributed by atoms with Crippen LogP contribution >= 0.6 is 24.0 Å². The summed E-state index contributed by atoms with van der Waals surface area (Å²) in [6.45, 7) is 5.20. The lowest BCUT2D eigenvalue weighted by Crippen LogP contribution is -2.21. The van der Waals surface area contributed by atoms with Gasteiger partial charge in [0.1, 0.15) is 4.99 Å². The number of thiocarbonyl (C=S) groups is 1. The first-order valence-electron chi connectivity index (χ1n) is 7.29. The highest BCUT2D eigenvalue weighted by Gasteiger charge is 2.00. The molecule has 0 saturated carbocycles. The average molecular weight is 296 g/mol. The van der Waals surface area contributed by atoms with Crippen molar-refractivity contribution >= 4 is 29.0 Å². The molecule has 1 aromatic carbocycles. The Morgan fingerprint density at radius 3 is 2.37 bits per heavy atom. The quantitative estimate of drug-likeness (QED) is 0.390. The SMILES string of the molecule is CCCCCCCSc1ccc(C(=S)NCC)cc1. The molecule has 0 aliphatic heterocycles. The Kier molecular flexibility index (Phi) is 8.93. The van der Waals surface area contributed by atoms with E-state index < -0.39 is 0 Å². The van der Waals surface area contributed by atoms with Crippen LogP contribution in [0.5, 0.6) is 0 Å². The molecule has 0 heterocycles. The molecular formula is C16H25NS2. The molecule has 19 heavy (non-hydrogen) atoms. The van der Waals surface area contributed by atoms with Crippen molar-refractivity contribution in [1.82, 2.24) is 5.32 Å². The van der Waals surface area contributed by atoms with Crippen LogP contribution in [0.3, 0.4) is 0 Å². The average Bonchev–Trinajstić information content (AvgIpc) is 2.43. The maximum absolute atomic E-state index is 5.29. The number of rotatable bonds is 9. The summed E-state index contributed by atoms with van der Waals surface area (Å²) in [6.07, 6.45) is 6.76. The number of hydrogen-bond acceptors (Lipinski definition) is 2. The molecule has 0 saturated heterocycles. The van der Waals surface area contributed by atoms with Gasteiger partial charge in [0.15, 0.2) is 0 Å². The van der Waals surface area contributed by atoms with Gasteiger partial charge in [-0.05, 0) is 31.2 Å². The third-order valence-electron chi connectivity index (χ3n) is 2.97. The first-order chi connectivity index (χ1) is 9.27. The highest BCUT2D eigenvalue weighted by molar-refractivity contribution is 7.99. The molecule has 0 atom stereocenters. The van der Waals surface area contributed by atoms with Crippen LogP contribution in [0.1, 0.15) is 51.5 Å². The van der Waals surface area contributed by atoms with Crippen molar-refractivity contribution in [2.45, 2.75) is 50.8 Å². The predicted octanol–water partition coefficient (Wildman–Crippen LogP) is 5.03. The molecule has 0 aliphatic carbocycles. The van der Waals surface area contributed by atoms with Crippen molar-refractivity contribution in [3.8, 4) is 0 Å². The number of nitrogens with one attached hydrogen (secondary N) is 1. The molecule has 0 radical (unpaired) electrons. The van der Waals surface area contributed by atoms with Crippen molar-refractivity contribution in [1.29, 1.82) is 0 Å². The van der Waals surface area contributed by atoms with Crippen LogP contribution < -0.4 is 5.32 Å². The van der Waals surface area contributed by atoms with E-state index in [0.717, 1.165) is 17.1 Å². The Labute approximate surface area is 127 Å². The Balaban J connectivity index is 2.26. The second-order valence-corrected chi connectivity index (χ2v) is 6.22. The van der Waals surface area contributed by atoms with E-state index in [2.05, 4.69) is 43.4 Å². The second kappa shape index (κ2) is 10.3. The number of benzene rings is 1. The fourth-order valence-electron chi connectivity index (χ4n) is 1.86. The zero-order chi connectivity index (χ0) is 13.9. The molecule has 106 valence electrons. The molecule has 1 rings (SSSR count). The van der Waals surface area contributed by atoms with Gasteiger partial charge in [0.2, 0.25) is 0 Å². The zero-order valence-corrected chi connectivity index (χ0v) is 13.7. The van der Waals surface area contributed by atoms with Crippen molar-refractivity contribution in [2.24, 2.45) is 0 Å². The maximum atomic E-state index is 5.29. The fraction of sp³-hybridized carbons (Fsp3) is 0.562. The normalized spacial score (nSPS) is 10.4. The summed E-state index contributed by atoms with van der Waals surface area (Å²) in [5.41, 5.74) is 1.11. The van der Waals surface area contributed by atoms with Gasteiger partial charge in [-0.2, -0.15) is 0 Å². The van der Waals surface area contributed by atoms with Gasteiger partial charge in [-0.25, -0.2) is 0 Å². The van der Waals surface area contributed by atoms with Gasteiger partial charge in [-0.3, -0.25) is 0 Å². The van der Waals surface area contributed by atoms with E-state index in [0.29, 0.717) is 0 Å². The molecular weight excluding hydrogens is 270 g/mol. The first kappa shape index (κ1) is 16.5. The minimum atomic E-state index is 0.846. The minimum absolute atomic E-state index is 0.846. The lowest BCUT2D eigenvalue weighted by Gasteiger charge is -2.06. The first-order valence-corrected chi connectivity index (χ1v) is 8.68. The molecule has 1 N–H and O–H groups in total. The molecule has 0 unspecified atom stereocenters. The van der Waals surface area contributed by atoms with Gasteiger partial charge in [0.05, 0.1) is 0 Å². The summed E-state index contributed by atoms with van der Waals surface area (Å²) < 4.78 is 0. The number of hydrogen-bond donors (Lipinski definition) is 1. The Morgan fingerprint density at radius 1 is 1.05 bits per heavy atom. The largest absolute Gasteiger partial charge is 0.376 e. The standard InChI is InChI=1S/C16H25NS2/c1-3-5-6-7-8-13-19-15-11-9-14(10-12-15)16(18)17-4-2/h9-12H,3-8,13H2,1-2H3,(H,17,18). The third kappa shape index (κ3) is 6.98. The Morgan fingerprint density at radius 2 is 1.74 bits per heavy atom. The van der Waals surface area contributed by atoms with Gasteiger partial charge in [-0.15, -0.1) is 11.8 Å². The van der Waals surface area contributed by atoms with Crippen molar-refractivity contribution in [3.63, 3.8) is 0 Å². The lowest BCUT2D eigenvalue weighted by atomic mass is 10.2. The van der Waals surface area contributed by atoms with E-state index in [9.17, 15) is 0 Å². The van der Waals surface area contributed by atoms with Crippen LogP contribution in [0.2, 0.25) is 0 Å². The fourth-order valence-corrected chi connectivity index (χ4v) is 3.05. The summed E-state index contributed by atoms with van der Waals surface area (Å²) >= 11 is 7.24. The Bertz CT molecular complexity index is 360. The Hall–Kier alpha value is -0.540.